The topological polar surface area (TPSA) is 0 Å². The monoisotopic (exact) mass is 496 g/mol. The zero-order valence-corrected chi connectivity index (χ0v) is 21.6. The minimum Gasteiger partial charge on any atom is -1.00 e. The van der Waals surface area contributed by atoms with E-state index in [2.05, 4.69) is 93.7 Å². The molecule has 0 radical (unpaired) electrons. The van der Waals surface area contributed by atoms with E-state index >= 15 is 0 Å². The van der Waals surface area contributed by atoms with Gasteiger partial charge in [0.2, 0.25) is 0 Å². The summed E-state index contributed by atoms with van der Waals surface area (Å²) >= 11 is 2.39. The molecule has 2 aromatic rings. The van der Waals surface area contributed by atoms with E-state index in [-0.39, 0.29) is 37.2 Å². The first-order valence-corrected chi connectivity index (χ1v) is 13.3. The van der Waals surface area contributed by atoms with Crippen molar-refractivity contribution in [2.24, 2.45) is 0 Å². The molecule has 0 saturated heterocycles. The number of rotatable bonds is 4. The Kier molecular flexibility index (Phi) is 11.0. The molecule has 0 heterocycles. The summed E-state index contributed by atoms with van der Waals surface area (Å²) in [6.07, 6.45) is 10.7. The third kappa shape index (κ3) is 5.32. The molecule has 0 N–H and O–H groups in total. The van der Waals surface area contributed by atoms with Crippen LogP contribution < -0.4 is 42.4 Å². The molecule has 1 atom stereocenters. The van der Waals surface area contributed by atoms with Crippen LogP contribution in [-0.2, 0) is 20.4 Å². The summed E-state index contributed by atoms with van der Waals surface area (Å²) < 4.78 is 1.62. The molecule has 1 saturated carbocycles. The first-order chi connectivity index (χ1) is 12.7. The van der Waals surface area contributed by atoms with E-state index in [9.17, 15) is 0 Å². The van der Waals surface area contributed by atoms with Crippen LogP contribution in [0.15, 0.2) is 75.8 Å². The maximum atomic E-state index is 2.67. The average molecular weight is 498 g/mol. The number of hydrogen-bond donors (Lipinski definition) is 0. The molecule has 0 aliphatic heterocycles. The van der Waals surface area contributed by atoms with Crippen LogP contribution in [0.5, 0.6) is 0 Å². The molecule has 2 aromatic carbocycles. The minimum absolute atomic E-state index is 0. The zero-order chi connectivity index (χ0) is 18.0. The van der Waals surface area contributed by atoms with Crippen molar-refractivity contribution >= 4 is 18.8 Å². The van der Waals surface area contributed by atoms with Crippen molar-refractivity contribution in [2.75, 3.05) is 0 Å². The summed E-state index contributed by atoms with van der Waals surface area (Å²) in [5.41, 5.74) is 3.81. The fourth-order valence-corrected chi connectivity index (χ4v) is 11.8. The Morgan fingerprint density at radius 3 is 1.93 bits per heavy atom. The molecule has 4 rings (SSSR count). The Balaban J connectivity index is 0.00000140. The summed E-state index contributed by atoms with van der Waals surface area (Å²) in [6, 6.07) is 22.6. The van der Waals surface area contributed by atoms with Crippen molar-refractivity contribution < 1.29 is 57.7 Å². The summed E-state index contributed by atoms with van der Waals surface area (Å²) in [4.78, 5) is 0. The fraction of sp³-hybridized carbons (Fsp3) is 0.333. The normalized spacial score (nSPS) is 18.7. The van der Waals surface area contributed by atoms with Crippen molar-refractivity contribution in [3.63, 3.8) is 0 Å². The molecule has 1 unspecified atom stereocenters. The number of allylic oxidation sites excluding steroid dienone is 4. The molecule has 0 aromatic heterocycles. The van der Waals surface area contributed by atoms with Gasteiger partial charge in [0.25, 0.3) is 0 Å². The van der Waals surface area contributed by atoms with Gasteiger partial charge >= 0.3 is 171 Å². The summed E-state index contributed by atoms with van der Waals surface area (Å²) in [5.74, 6) is 0. The molecule has 0 bridgehead atoms. The molecule has 0 spiro atoms. The zero-order valence-electron chi connectivity index (χ0n) is 16.8. The Labute approximate surface area is 207 Å². The van der Waals surface area contributed by atoms with Crippen molar-refractivity contribution in [1.82, 2.24) is 0 Å². The van der Waals surface area contributed by atoms with Crippen LogP contribution in [0.25, 0.3) is 5.57 Å². The van der Waals surface area contributed by atoms with Crippen LogP contribution in [0.4, 0.5) is 0 Å². The van der Waals surface area contributed by atoms with Gasteiger partial charge < -0.3 is 37.2 Å². The number of hydrogen-bond acceptors (Lipinski definition) is 0. The molecule has 0 amide bonds. The molecular weight excluding hydrogens is 471 g/mol. The molecule has 0 nitrogen and oxygen atoms in total. The smallest absolute Gasteiger partial charge is 1.00 e. The number of benzene rings is 2. The summed E-state index contributed by atoms with van der Waals surface area (Å²) in [6.45, 7) is 2.67. The van der Waals surface area contributed by atoms with E-state index < -0.39 is 8.07 Å². The van der Waals surface area contributed by atoms with Crippen LogP contribution in [0, 0.1) is 0 Å². The van der Waals surface area contributed by atoms with Gasteiger partial charge in [0.1, 0.15) is 0 Å². The Hall–Kier alpha value is -0.279. The van der Waals surface area contributed by atoms with E-state index in [4.69, 9.17) is 0 Å². The molecular formula is C24H27Cl3SiTi. The fourth-order valence-electron chi connectivity index (χ4n) is 5.09. The van der Waals surface area contributed by atoms with Gasteiger partial charge in [0.05, 0.1) is 0 Å². The van der Waals surface area contributed by atoms with Gasteiger partial charge in [0, 0.05) is 0 Å². The van der Waals surface area contributed by atoms with Crippen molar-refractivity contribution in [3.8, 4) is 0 Å². The van der Waals surface area contributed by atoms with E-state index in [1.807, 2.05) is 0 Å². The van der Waals surface area contributed by atoms with E-state index in [1.165, 1.54) is 43.2 Å². The SMILES string of the molecule is C[Si](C1=[C]([Ti+3])CC=C1c1ccccc1)(c1ccccc1)C1CCCCC1.[Cl-].[Cl-].[Cl-]. The Bertz CT molecular complexity index is 830. The van der Waals surface area contributed by atoms with Gasteiger partial charge in [-0.1, -0.05) is 0 Å². The van der Waals surface area contributed by atoms with E-state index in [0.717, 1.165) is 12.0 Å². The van der Waals surface area contributed by atoms with Crippen molar-refractivity contribution in [1.29, 1.82) is 0 Å². The van der Waals surface area contributed by atoms with Gasteiger partial charge in [-0.3, -0.25) is 0 Å². The van der Waals surface area contributed by atoms with Gasteiger partial charge in [-0.2, -0.15) is 0 Å². The average Bonchev–Trinajstić information content (AvgIpc) is 3.11. The molecule has 2 aliphatic carbocycles. The second kappa shape index (κ2) is 11.9. The van der Waals surface area contributed by atoms with E-state index in [1.54, 1.807) is 14.3 Å². The maximum absolute atomic E-state index is 2.67. The van der Waals surface area contributed by atoms with Crippen LogP contribution >= 0.6 is 0 Å². The first-order valence-electron chi connectivity index (χ1n) is 9.98. The van der Waals surface area contributed by atoms with Gasteiger partial charge in [-0.05, 0) is 0 Å². The predicted octanol–water partition coefficient (Wildman–Crippen LogP) is -2.85. The molecule has 29 heavy (non-hydrogen) atoms. The summed E-state index contributed by atoms with van der Waals surface area (Å²) in [5, 5.41) is 3.37. The molecule has 152 valence electrons. The molecule has 2 aliphatic rings. The van der Waals surface area contributed by atoms with Crippen molar-refractivity contribution in [2.45, 2.75) is 50.6 Å². The second-order valence-corrected chi connectivity index (χ2v) is 13.2. The third-order valence-corrected chi connectivity index (χ3v) is 12.9. The second-order valence-electron chi connectivity index (χ2n) is 7.94. The van der Waals surface area contributed by atoms with Crippen LogP contribution in [0.2, 0.25) is 12.1 Å². The molecule has 1 fully saturated rings. The maximum Gasteiger partial charge on any atom is -1.00 e. The minimum atomic E-state index is -1.79. The standard InChI is InChI=1S/C24H27Si.3ClH.Ti/c1-25(21-14-7-3-8-15-21,22-16-9-4-10-17-22)24-19-11-18-23(24)20-12-5-2-6-13-20;;;;/h2-3,5-8,12-15,18,22H,4,9-11,16-17H2,1H3;3*1H;/q;;;;+3/p-3. The van der Waals surface area contributed by atoms with Crippen LogP contribution in [-0.4, -0.2) is 8.07 Å². The third-order valence-electron chi connectivity index (χ3n) is 6.48. The number of halogens is 3. The van der Waals surface area contributed by atoms with E-state index in [0.29, 0.717) is 0 Å². The van der Waals surface area contributed by atoms with Gasteiger partial charge in [-0.25, -0.2) is 0 Å². The molecule has 5 heteroatoms. The summed E-state index contributed by atoms with van der Waals surface area (Å²) in [7, 11) is -1.79. The predicted molar refractivity (Wildman–Crippen MR) is 111 cm³/mol. The van der Waals surface area contributed by atoms with Crippen LogP contribution in [0.3, 0.4) is 0 Å². The Morgan fingerprint density at radius 2 is 1.34 bits per heavy atom. The largest absolute Gasteiger partial charge is 1.00 e. The first kappa shape index (κ1) is 26.8. The van der Waals surface area contributed by atoms with Crippen LogP contribution in [0.1, 0.15) is 44.1 Å². The van der Waals surface area contributed by atoms with Crippen molar-refractivity contribution in [3.05, 3.63) is 81.4 Å². The Morgan fingerprint density at radius 1 is 0.793 bits per heavy atom. The van der Waals surface area contributed by atoms with Gasteiger partial charge in [0.15, 0.2) is 0 Å². The van der Waals surface area contributed by atoms with Gasteiger partial charge in [-0.15, -0.1) is 0 Å². The quantitative estimate of drug-likeness (QED) is 0.399.